The van der Waals surface area contributed by atoms with Crippen molar-refractivity contribution in [1.29, 1.82) is 0 Å². The predicted molar refractivity (Wildman–Crippen MR) is 136 cm³/mol. The third-order valence-corrected chi connectivity index (χ3v) is 7.18. The van der Waals surface area contributed by atoms with E-state index in [9.17, 15) is 9.59 Å². The van der Waals surface area contributed by atoms with E-state index in [1.165, 1.54) is 0 Å². The van der Waals surface area contributed by atoms with E-state index in [2.05, 4.69) is 15.9 Å². The minimum absolute atomic E-state index is 0.110. The molecule has 1 atom stereocenters. The quantitative estimate of drug-likeness (QED) is 0.417. The Labute approximate surface area is 221 Å². The lowest BCUT2D eigenvalue weighted by atomic mass is 10.1. The highest BCUT2D eigenvalue weighted by Gasteiger charge is 2.40. The fourth-order valence-corrected chi connectivity index (χ4v) is 5.00. The molecule has 0 aromatic heterocycles. The number of amides is 2. The minimum Gasteiger partial charge on any atom is -0.493 e. The topological polar surface area (TPSA) is 86.8 Å². The molecule has 4 rings (SSSR count). The molecule has 36 heavy (non-hydrogen) atoms. The van der Waals surface area contributed by atoms with E-state index in [0.29, 0.717) is 39.5 Å². The van der Waals surface area contributed by atoms with E-state index in [4.69, 9.17) is 23.7 Å². The fourth-order valence-electron chi connectivity index (χ4n) is 4.40. The normalized spacial score (nSPS) is 19.5. The van der Waals surface area contributed by atoms with Crippen LogP contribution in [0, 0.1) is 0 Å². The lowest BCUT2D eigenvalue weighted by Crippen LogP contribution is -2.53. The molecule has 1 aliphatic carbocycles. The summed E-state index contributed by atoms with van der Waals surface area (Å²) >= 11 is 3.75. The van der Waals surface area contributed by atoms with Gasteiger partial charge in [0.2, 0.25) is 0 Å². The monoisotopic (exact) mass is 568 g/mol. The van der Waals surface area contributed by atoms with Crippen LogP contribution in [-0.4, -0.2) is 86.2 Å². The number of rotatable bonds is 9. The number of ether oxygens (including phenoxy) is 5. The highest BCUT2D eigenvalue weighted by Crippen LogP contribution is 2.43. The molecule has 2 heterocycles. The number of morpholine rings is 1. The first-order valence-electron chi connectivity index (χ1n) is 12.7. The summed E-state index contributed by atoms with van der Waals surface area (Å²) in [6.45, 7) is 8.54. The summed E-state index contributed by atoms with van der Waals surface area (Å²) in [7, 11) is 1.67. The number of methoxy groups -OCH3 is 1. The van der Waals surface area contributed by atoms with Crippen LogP contribution in [0.5, 0.6) is 11.5 Å². The molecule has 2 amide bonds. The van der Waals surface area contributed by atoms with Crippen molar-refractivity contribution < 1.29 is 33.3 Å². The molecule has 0 bridgehead atoms. The molecule has 2 aliphatic heterocycles. The molecule has 0 spiro atoms. The Balaban J connectivity index is 1.49. The van der Waals surface area contributed by atoms with E-state index >= 15 is 0 Å². The van der Waals surface area contributed by atoms with E-state index in [1.54, 1.807) is 12.0 Å². The van der Waals surface area contributed by atoms with Crippen LogP contribution in [0.4, 0.5) is 4.79 Å². The SMILES string of the molecule is COCCCOc1c(Br)c(CN(C(=O)[C@H]2CN(C(=O)OC(C)(C)C)CCO2)C2CC2)cc2c1CCO2. The van der Waals surface area contributed by atoms with Gasteiger partial charge in [0.15, 0.2) is 6.10 Å². The summed E-state index contributed by atoms with van der Waals surface area (Å²) in [6, 6.07) is 2.16. The number of carbonyl (C=O) groups excluding carboxylic acids is 2. The second-order valence-electron chi connectivity index (χ2n) is 10.4. The second kappa shape index (κ2) is 11.6. The van der Waals surface area contributed by atoms with Crippen LogP contribution in [0.1, 0.15) is 51.2 Å². The molecule has 0 unspecified atom stereocenters. The standard InChI is InChI=1S/C26H37BrN2O7/c1-26(2,3)36-25(31)28-9-13-34-21(16-28)24(30)29(18-6-7-18)15-17-14-20-19(8-12-33-20)23(22(17)27)35-11-5-10-32-4/h14,18,21H,5-13,15-16H2,1-4H3/t21-/m1/s1. The van der Waals surface area contributed by atoms with Crippen molar-refractivity contribution in [2.45, 2.75) is 70.7 Å². The van der Waals surface area contributed by atoms with Crippen molar-refractivity contribution in [2.24, 2.45) is 0 Å². The Morgan fingerprint density at radius 1 is 1.22 bits per heavy atom. The molecule has 10 heteroatoms. The third-order valence-electron chi connectivity index (χ3n) is 6.31. The zero-order chi connectivity index (χ0) is 25.9. The summed E-state index contributed by atoms with van der Waals surface area (Å²) in [4.78, 5) is 29.7. The Bertz CT molecular complexity index is 961. The van der Waals surface area contributed by atoms with E-state index < -0.39 is 17.8 Å². The first kappa shape index (κ1) is 27.0. The molecule has 1 saturated carbocycles. The Kier molecular flexibility index (Phi) is 8.67. The lowest BCUT2D eigenvalue weighted by Gasteiger charge is -2.36. The highest BCUT2D eigenvalue weighted by atomic mass is 79.9. The first-order valence-corrected chi connectivity index (χ1v) is 13.5. The molecule has 200 valence electrons. The smallest absolute Gasteiger partial charge is 0.410 e. The maximum Gasteiger partial charge on any atom is 0.410 e. The molecule has 1 saturated heterocycles. The average Bonchev–Trinajstić information content (AvgIpc) is 3.57. The number of benzene rings is 1. The Hall–Kier alpha value is -2.04. The molecule has 1 aromatic carbocycles. The van der Waals surface area contributed by atoms with Gasteiger partial charge in [-0.15, -0.1) is 0 Å². The maximum absolute atomic E-state index is 13.6. The van der Waals surface area contributed by atoms with Gasteiger partial charge < -0.3 is 33.5 Å². The highest BCUT2D eigenvalue weighted by molar-refractivity contribution is 9.10. The van der Waals surface area contributed by atoms with Gasteiger partial charge in [0.1, 0.15) is 17.1 Å². The summed E-state index contributed by atoms with van der Waals surface area (Å²) in [5, 5.41) is 0. The van der Waals surface area contributed by atoms with Crippen LogP contribution in [0.2, 0.25) is 0 Å². The number of fused-ring (bicyclic) bond motifs is 1. The van der Waals surface area contributed by atoms with Crippen molar-refractivity contribution >= 4 is 27.9 Å². The zero-order valence-electron chi connectivity index (χ0n) is 21.6. The van der Waals surface area contributed by atoms with Crippen molar-refractivity contribution in [3.63, 3.8) is 0 Å². The van der Waals surface area contributed by atoms with Gasteiger partial charge in [-0.2, -0.15) is 0 Å². The largest absolute Gasteiger partial charge is 0.493 e. The van der Waals surface area contributed by atoms with Crippen molar-refractivity contribution in [3.05, 3.63) is 21.7 Å². The summed E-state index contributed by atoms with van der Waals surface area (Å²) in [5.41, 5.74) is 1.38. The third kappa shape index (κ3) is 6.63. The van der Waals surface area contributed by atoms with Crippen LogP contribution < -0.4 is 9.47 Å². The summed E-state index contributed by atoms with van der Waals surface area (Å²) < 4.78 is 29.3. The number of nitrogens with zero attached hydrogens (tertiary/aromatic N) is 2. The van der Waals surface area contributed by atoms with Crippen LogP contribution in [0.3, 0.4) is 0 Å². The molecule has 9 nitrogen and oxygen atoms in total. The van der Waals surface area contributed by atoms with Gasteiger partial charge >= 0.3 is 6.09 Å². The maximum atomic E-state index is 13.6. The minimum atomic E-state index is -0.721. The predicted octanol–water partition coefficient (Wildman–Crippen LogP) is 3.93. The molecule has 2 fully saturated rings. The first-order chi connectivity index (χ1) is 17.2. The molecule has 3 aliphatic rings. The fraction of sp³-hybridized carbons (Fsp3) is 0.692. The molecule has 0 radical (unpaired) electrons. The van der Waals surface area contributed by atoms with Crippen LogP contribution in [-0.2, 0) is 32.0 Å². The second-order valence-corrected chi connectivity index (χ2v) is 11.2. The number of carbonyl (C=O) groups is 2. The van der Waals surface area contributed by atoms with Gasteiger partial charge in [-0.25, -0.2) is 4.79 Å². The van der Waals surface area contributed by atoms with Gasteiger partial charge in [-0.05, 0) is 61.2 Å². The lowest BCUT2D eigenvalue weighted by molar-refractivity contribution is -0.150. The van der Waals surface area contributed by atoms with Gasteiger partial charge in [-0.3, -0.25) is 4.79 Å². The van der Waals surface area contributed by atoms with Crippen molar-refractivity contribution in [3.8, 4) is 11.5 Å². The molecular formula is C26H37BrN2O7. The Morgan fingerprint density at radius 2 is 2.00 bits per heavy atom. The van der Waals surface area contributed by atoms with Crippen LogP contribution >= 0.6 is 15.9 Å². The molecule has 1 aromatic rings. The van der Waals surface area contributed by atoms with Crippen molar-refractivity contribution in [2.75, 3.05) is 46.6 Å². The number of hydrogen-bond donors (Lipinski definition) is 0. The Morgan fingerprint density at radius 3 is 2.69 bits per heavy atom. The van der Waals surface area contributed by atoms with Gasteiger partial charge in [0.05, 0.1) is 30.8 Å². The number of hydrogen-bond acceptors (Lipinski definition) is 7. The average molecular weight is 569 g/mol. The molecular weight excluding hydrogens is 532 g/mol. The van der Waals surface area contributed by atoms with Crippen LogP contribution in [0.15, 0.2) is 10.5 Å². The van der Waals surface area contributed by atoms with Gasteiger partial charge in [0, 0.05) is 51.3 Å². The zero-order valence-corrected chi connectivity index (χ0v) is 23.2. The summed E-state index contributed by atoms with van der Waals surface area (Å²) in [5.74, 6) is 1.48. The van der Waals surface area contributed by atoms with E-state index in [1.807, 2.05) is 31.7 Å². The van der Waals surface area contributed by atoms with Crippen molar-refractivity contribution in [1.82, 2.24) is 9.80 Å². The molecule has 0 N–H and O–H groups in total. The van der Waals surface area contributed by atoms with Crippen LogP contribution in [0.25, 0.3) is 0 Å². The van der Waals surface area contributed by atoms with E-state index in [0.717, 1.165) is 52.8 Å². The summed E-state index contributed by atoms with van der Waals surface area (Å²) in [6.07, 6.45) is 2.33. The van der Waals surface area contributed by atoms with Gasteiger partial charge in [-0.1, -0.05) is 0 Å². The van der Waals surface area contributed by atoms with E-state index in [-0.39, 0.29) is 18.5 Å². The van der Waals surface area contributed by atoms with Gasteiger partial charge in [0.25, 0.3) is 5.91 Å². The number of halogens is 1.